The summed E-state index contributed by atoms with van der Waals surface area (Å²) in [7, 11) is 0. The number of anilines is 1. The van der Waals surface area contributed by atoms with Crippen molar-refractivity contribution in [2.24, 2.45) is 0 Å². The second kappa shape index (κ2) is 2.47. The Morgan fingerprint density at radius 3 is 2.69 bits per heavy atom. The second-order valence-corrected chi connectivity index (χ2v) is 3.31. The third-order valence-corrected chi connectivity index (χ3v) is 2.25. The molecule has 0 amide bonds. The van der Waals surface area contributed by atoms with Crippen LogP contribution in [0.1, 0.15) is 0 Å². The normalized spacial score (nSPS) is 17.5. The van der Waals surface area contributed by atoms with E-state index in [0.717, 1.165) is 0 Å². The van der Waals surface area contributed by atoms with Gasteiger partial charge in [0.2, 0.25) is 0 Å². The molecule has 2 rings (SSSR count). The zero-order valence-electron chi connectivity index (χ0n) is 6.18. The van der Waals surface area contributed by atoms with Crippen LogP contribution >= 0.6 is 15.9 Å². The molecule has 0 bridgehead atoms. The first-order valence-corrected chi connectivity index (χ1v) is 4.13. The van der Waals surface area contributed by atoms with Gasteiger partial charge in [-0.1, -0.05) is 0 Å². The highest BCUT2D eigenvalue weighted by Crippen LogP contribution is 2.47. The number of alkyl halides is 2. The van der Waals surface area contributed by atoms with Gasteiger partial charge in [-0.15, -0.1) is 8.78 Å². The van der Waals surface area contributed by atoms with Gasteiger partial charge in [0.1, 0.15) is 0 Å². The van der Waals surface area contributed by atoms with E-state index in [-0.39, 0.29) is 17.2 Å². The average Bonchev–Trinajstić information content (AvgIpc) is 2.34. The maximum Gasteiger partial charge on any atom is 0.586 e. The fourth-order valence-corrected chi connectivity index (χ4v) is 1.32. The average molecular weight is 252 g/mol. The first-order chi connectivity index (χ1) is 5.99. The van der Waals surface area contributed by atoms with Gasteiger partial charge in [0.05, 0.1) is 5.69 Å². The summed E-state index contributed by atoms with van der Waals surface area (Å²) < 4.78 is 33.9. The second-order valence-electron chi connectivity index (χ2n) is 2.46. The number of nitrogen functional groups attached to an aromatic ring is 1. The van der Waals surface area contributed by atoms with Gasteiger partial charge >= 0.3 is 6.29 Å². The Hall–Kier alpha value is -1.04. The Balaban J connectivity index is 2.53. The summed E-state index contributed by atoms with van der Waals surface area (Å²) >= 11 is 3.08. The van der Waals surface area contributed by atoms with Crippen LogP contribution in [-0.4, -0.2) is 6.29 Å². The number of hydrogen-bond donors (Lipinski definition) is 1. The Morgan fingerprint density at radius 2 is 2.00 bits per heavy atom. The van der Waals surface area contributed by atoms with Crippen LogP contribution in [-0.2, 0) is 0 Å². The van der Waals surface area contributed by atoms with Gasteiger partial charge in [-0.2, -0.15) is 0 Å². The van der Waals surface area contributed by atoms with Crippen LogP contribution in [0.25, 0.3) is 0 Å². The molecule has 6 heteroatoms. The van der Waals surface area contributed by atoms with Crippen molar-refractivity contribution < 1.29 is 18.3 Å². The van der Waals surface area contributed by atoms with Crippen molar-refractivity contribution in [1.82, 2.24) is 0 Å². The van der Waals surface area contributed by atoms with E-state index in [2.05, 4.69) is 25.4 Å². The van der Waals surface area contributed by atoms with E-state index in [1.807, 2.05) is 0 Å². The van der Waals surface area contributed by atoms with Crippen molar-refractivity contribution in [2.75, 3.05) is 5.73 Å². The van der Waals surface area contributed by atoms with E-state index >= 15 is 0 Å². The van der Waals surface area contributed by atoms with Crippen molar-refractivity contribution in [3.8, 4) is 11.5 Å². The van der Waals surface area contributed by atoms with Gasteiger partial charge in [0, 0.05) is 4.47 Å². The summed E-state index contributed by atoms with van der Waals surface area (Å²) in [5, 5.41) is 0. The fourth-order valence-electron chi connectivity index (χ4n) is 1.01. The molecule has 13 heavy (non-hydrogen) atoms. The first kappa shape index (κ1) is 8.55. The predicted molar refractivity (Wildman–Crippen MR) is 44.8 cm³/mol. The highest BCUT2D eigenvalue weighted by molar-refractivity contribution is 9.10. The van der Waals surface area contributed by atoms with Crippen molar-refractivity contribution >= 4 is 21.6 Å². The molecule has 0 spiro atoms. The lowest BCUT2D eigenvalue weighted by Gasteiger charge is -2.05. The van der Waals surface area contributed by atoms with Gasteiger partial charge in [-0.3, -0.25) is 0 Å². The Labute approximate surface area is 80.6 Å². The number of benzene rings is 1. The van der Waals surface area contributed by atoms with Crippen LogP contribution < -0.4 is 15.2 Å². The molecule has 1 aliphatic heterocycles. The van der Waals surface area contributed by atoms with Gasteiger partial charge in [-0.05, 0) is 28.1 Å². The molecule has 1 aliphatic rings. The van der Waals surface area contributed by atoms with Gasteiger partial charge in [-0.25, -0.2) is 0 Å². The van der Waals surface area contributed by atoms with Crippen LogP contribution in [0.2, 0.25) is 0 Å². The van der Waals surface area contributed by atoms with Gasteiger partial charge < -0.3 is 15.2 Å². The zero-order valence-corrected chi connectivity index (χ0v) is 7.77. The number of rotatable bonds is 0. The van der Waals surface area contributed by atoms with E-state index in [1.54, 1.807) is 0 Å². The zero-order chi connectivity index (χ0) is 9.64. The molecule has 0 saturated heterocycles. The minimum Gasteiger partial charge on any atom is -0.395 e. The molecule has 0 atom stereocenters. The number of hydrogen-bond acceptors (Lipinski definition) is 3. The molecule has 1 aromatic rings. The van der Waals surface area contributed by atoms with Crippen LogP contribution in [0.5, 0.6) is 11.5 Å². The number of fused-ring (bicyclic) bond motifs is 1. The highest BCUT2D eigenvalue weighted by Gasteiger charge is 2.44. The molecule has 0 aliphatic carbocycles. The third-order valence-electron chi connectivity index (χ3n) is 1.56. The summed E-state index contributed by atoms with van der Waals surface area (Å²) in [6.07, 6.45) is -3.61. The lowest BCUT2D eigenvalue weighted by molar-refractivity contribution is -0.286. The van der Waals surface area contributed by atoms with E-state index in [9.17, 15) is 8.78 Å². The Bertz CT molecular complexity index is 370. The van der Waals surface area contributed by atoms with E-state index in [4.69, 9.17) is 5.73 Å². The summed E-state index contributed by atoms with van der Waals surface area (Å²) in [6.45, 7) is 0. The molecule has 0 fully saturated rings. The predicted octanol–water partition coefficient (Wildman–Crippen LogP) is 2.35. The van der Waals surface area contributed by atoms with E-state index < -0.39 is 6.29 Å². The van der Waals surface area contributed by atoms with Crippen LogP contribution in [0, 0.1) is 0 Å². The van der Waals surface area contributed by atoms with Crippen LogP contribution in [0.3, 0.4) is 0 Å². The summed E-state index contributed by atoms with van der Waals surface area (Å²) in [4.78, 5) is 0. The molecule has 1 heterocycles. The molecule has 0 radical (unpaired) electrons. The smallest absolute Gasteiger partial charge is 0.395 e. The molecule has 1 aromatic carbocycles. The number of ether oxygens (including phenoxy) is 2. The SMILES string of the molecule is Nc1c(Br)ccc2c1OC(F)(F)O2. The molecule has 0 aromatic heterocycles. The van der Waals surface area contributed by atoms with E-state index in [1.165, 1.54) is 12.1 Å². The Kier molecular flexibility index (Phi) is 1.63. The molecule has 3 nitrogen and oxygen atoms in total. The molecule has 0 saturated carbocycles. The lowest BCUT2D eigenvalue weighted by atomic mass is 10.3. The highest BCUT2D eigenvalue weighted by atomic mass is 79.9. The molecular formula is C7H4BrF2NO2. The summed E-state index contributed by atoms with van der Waals surface area (Å²) in [5.41, 5.74) is 5.58. The minimum atomic E-state index is -3.61. The monoisotopic (exact) mass is 251 g/mol. The van der Waals surface area contributed by atoms with Crippen LogP contribution in [0.4, 0.5) is 14.5 Å². The fraction of sp³-hybridized carbons (Fsp3) is 0.143. The van der Waals surface area contributed by atoms with Crippen molar-refractivity contribution in [2.45, 2.75) is 6.29 Å². The lowest BCUT2D eigenvalue weighted by Crippen LogP contribution is -2.26. The summed E-state index contributed by atoms with van der Waals surface area (Å²) in [6, 6.07) is 2.87. The molecule has 2 N–H and O–H groups in total. The Morgan fingerprint density at radius 1 is 1.31 bits per heavy atom. The van der Waals surface area contributed by atoms with Crippen molar-refractivity contribution in [1.29, 1.82) is 0 Å². The van der Waals surface area contributed by atoms with Gasteiger partial charge in [0.15, 0.2) is 11.5 Å². The molecule has 0 unspecified atom stereocenters. The number of halogens is 3. The molecule has 70 valence electrons. The van der Waals surface area contributed by atoms with Gasteiger partial charge in [0.25, 0.3) is 0 Å². The topological polar surface area (TPSA) is 44.5 Å². The standard InChI is InChI=1S/C7H4BrF2NO2/c8-3-1-2-4-6(5(3)11)13-7(9,10)12-4/h1-2H,11H2. The third kappa shape index (κ3) is 1.31. The number of nitrogens with two attached hydrogens (primary N) is 1. The quantitative estimate of drug-likeness (QED) is 0.721. The first-order valence-electron chi connectivity index (χ1n) is 3.33. The largest absolute Gasteiger partial charge is 0.586 e. The summed E-state index contributed by atoms with van der Waals surface area (Å²) in [5.74, 6) is -0.176. The maximum absolute atomic E-state index is 12.5. The molecular weight excluding hydrogens is 248 g/mol. The van der Waals surface area contributed by atoms with E-state index in [0.29, 0.717) is 4.47 Å². The minimum absolute atomic E-state index is 0.0503. The van der Waals surface area contributed by atoms with Crippen molar-refractivity contribution in [3.63, 3.8) is 0 Å². The van der Waals surface area contributed by atoms with Crippen LogP contribution in [0.15, 0.2) is 16.6 Å². The maximum atomic E-state index is 12.5. The van der Waals surface area contributed by atoms with Crippen molar-refractivity contribution in [3.05, 3.63) is 16.6 Å².